The first-order chi connectivity index (χ1) is 10.1. The molecule has 8 heteroatoms. The third-order valence-corrected chi connectivity index (χ3v) is 6.66. The van der Waals surface area contributed by atoms with E-state index in [4.69, 9.17) is 0 Å². The number of fused-ring (bicyclic) bond motifs is 3. The Labute approximate surface area is 128 Å². The van der Waals surface area contributed by atoms with Gasteiger partial charge in [0.1, 0.15) is 17.0 Å². The molecule has 21 heavy (non-hydrogen) atoms. The Morgan fingerprint density at radius 2 is 2.19 bits per heavy atom. The van der Waals surface area contributed by atoms with Gasteiger partial charge in [0.25, 0.3) is 0 Å². The monoisotopic (exact) mass is 326 g/mol. The third kappa shape index (κ3) is 2.51. The molecule has 0 saturated heterocycles. The molecule has 0 unspecified atom stereocenters. The number of sulfonamides is 1. The van der Waals surface area contributed by atoms with Crippen molar-refractivity contribution in [1.82, 2.24) is 14.3 Å². The van der Waals surface area contributed by atoms with E-state index in [9.17, 15) is 8.42 Å². The summed E-state index contributed by atoms with van der Waals surface area (Å²) in [6.45, 7) is 5.51. The van der Waals surface area contributed by atoms with Gasteiger partial charge in [-0.3, -0.25) is 0 Å². The molecule has 0 aromatic carbocycles. The normalized spacial score (nSPS) is 16.1. The number of hydrogen-bond donors (Lipinski definition) is 1. The van der Waals surface area contributed by atoms with Crippen LogP contribution in [0.4, 0.5) is 5.82 Å². The van der Waals surface area contributed by atoms with E-state index < -0.39 is 10.0 Å². The molecule has 1 aliphatic rings. The summed E-state index contributed by atoms with van der Waals surface area (Å²) in [5.41, 5.74) is 1.20. The molecule has 0 bridgehead atoms. The fourth-order valence-electron chi connectivity index (χ4n) is 2.63. The van der Waals surface area contributed by atoms with Crippen LogP contribution in [0.5, 0.6) is 0 Å². The maximum Gasteiger partial charge on any atom is 0.214 e. The van der Waals surface area contributed by atoms with E-state index in [0.717, 1.165) is 33.9 Å². The van der Waals surface area contributed by atoms with Crippen molar-refractivity contribution in [3.8, 4) is 0 Å². The predicted octanol–water partition coefficient (Wildman–Crippen LogP) is 1.83. The van der Waals surface area contributed by atoms with Crippen molar-refractivity contribution < 1.29 is 8.42 Å². The Bertz CT molecular complexity index is 770. The molecule has 1 N–H and O–H groups in total. The smallest absolute Gasteiger partial charge is 0.214 e. The first kappa shape index (κ1) is 14.7. The zero-order valence-corrected chi connectivity index (χ0v) is 13.7. The van der Waals surface area contributed by atoms with E-state index >= 15 is 0 Å². The number of anilines is 1. The molecule has 114 valence electrons. The van der Waals surface area contributed by atoms with Gasteiger partial charge in [-0.1, -0.05) is 0 Å². The average Bonchev–Trinajstić information content (AvgIpc) is 2.86. The second-order valence-electron chi connectivity index (χ2n) is 4.92. The molecule has 0 fully saturated rings. The lowest BCUT2D eigenvalue weighted by Gasteiger charge is -2.25. The lowest BCUT2D eigenvalue weighted by molar-refractivity contribution is 0.397. The third-order valence-electron chi connectivity index (χ3n) is 3.70. The lowest BCUT2D eigenvalue weighted by Crippen LogP contribution is -2.36. The quantitative estimate of drug-likeness (QED) is 0.928. The van der Waals surface area contributed by atoms with Crippen molar-refractivity contribution in [1.29, 1.82) is 0 Å². The van der Waals surface area contributed by atoms with Crippen molar-refractivity contribution in [3.05, 3.63) is 16.8 Å². The van der Waals surface area contributed by atoms with E-state index in [2.05, 4.69) is 15.3 Å². The summed E-state index contributed by atoms with van der Waals surface area (Å²) in [6.07, 6.45) is 2.28. The van der Waals surface area contributed by atoms with Crippen molar-refractivity contribution in [3.63, 3.8) is 0 Å². The van der Waals surface area contributed by atoms with E-state index in [0.29, 0.717) is 13.1 Å². The SMILES string of the molecule is CCNc1ncnc2sc3c(c12)CCN(S(=O)(=O)CC)C3. The van der Waals surface area contributed by atoms with Crippen molar-refractivity contribution >= 4 is 37.4 Å². The maximum absolute atomic E-state index is 12.0. The van der Waals surface area contributed by atoms with Gasteiger partial charge < -0.3 is 5.32 Å². The molecular formula is C13H18N4O2S2. The highest BCUT2D eigenvalue weighted by Gasteiger charge is 2.29. The fraction of sp³-hybridized carbons (Fsp3) is 0.538. The first-order valence-corrected chi connectivity index (χ1v) is 9.46. The Balaban J connectivity index is 2.05. The summed E-state index contributed by atoms with van der Waals surface area (Å²) in [5, 5.41) is 4.33. The van der Waals surface area contributed by atoms with Gasteiger partial charge in [-0.15, -0.1) is 11.3 Å². The van der Waals surface area contributed by atoms with E-state index in [1.807, 2.05) is 6.92 Å². The summed E-state index contributed by atoms with van der Waals surface area (Å²) >= 11 is 1.57. The molecule has 0 atom stereocenters. The molecule has 0 saturated carbocycles. The molecule has 6 nitrogen and oxygen atoms in total. The molecule has 0 aliphatic carbocycles. The van der Waals surface area contributed by atoms with Crippen LogP contribution in [0.3, 0.4) is 0 Å². The largest absolute Gasteiger partial charge is 0.370 e. The molecule has 0 spiro atoms. The van der Waals surface area contributed by atoms with Gasteiger partial charge in [0, 0.05) is 24.5 Å². The van der Waals surface area contributed by atoms with Gasteiger partial charge in [-0.05, 0) is 25.8 Å². The fourth-order valence-corrected chi connectivity index (χ4v) is 4.97. The molecule has 2 aromatic rings. The Hall–Kier alpha value is -1.25. The number of hydrogen-bond acceptors (Lipinski definition) is 6. The molecule has 3 rings (SSSR count). The summed E-state index contributed by atoms with van der Waals surface area (Å²) < 4.78 is 25.7. The molecule has 2 aromatic heterocycles. The topological polar surface area (TPSA) is 75.2 Å². The summed E-state index contributed by atoms with van der Waals surface area (Å²) in [5.74, 6) is 1.00. The standard InChI is InChI=1S/C13H18N4O2S2/c1-3-14-12-11-9-5-6-17(21(18,19)4-2)7-10(9)20-13(11)16-8-15-12/h8H,3-7H2,1-2H3,(H,14,15,16). The first-order valence-electron chi connectivity index (χ1n) is 7.03. The molecule has 1 aliphatic heterocycles. The van der Waals surface area contributed by atoms with Crippen LogP contribution in [-0.4, -0.2) is 41.5 Å². The molecule has 0 radical (unpaired) electrons. The maximum atomic E-state index is 12.0. The van der Waals surface area contributed by atoms with Crippen LogP contribution in [0.2, 0.25) is 0 Å². The highest BCUT2D eigenvalue weighted by atomic mass is 32.2. The van der Waals surface area contributed by atoms with Gasteiger partial charge in [0.15, 0.2) is 0 Å². The number of nitrogens with zero attached hydrogens (tertiary/aromatic N) is 3. The van der Waals surface area contributed by atoms with Crippen molar-refractivity contribution in [2.75, 3.05) is 24.2 Å². The molecule has 0 amide bonds. The highest BCUT2D eigenvalue weighted by Crippen LogP contribution is 2.37. The van der Waals surface area contributed by atoms with E-state index in [-0.39, 0.29) is 5.75 Å². The second-order valence-corrected chi connectivity index (χ2v) is 8.26. The molecule has 3 heterocycles. The Morgan fingerprint density at radius 1 is 1.38 bits per heavy atom. The second kappa shape index (κ2) is 5.51. The van der Waals surface area contributed by atoms with Crippen molar-refractivity contribution in [2.45, 2.75) is 26.8 Å². The summed E-state index contributed by atoms with van der Waals surface area (Å²) in [7, 11) is -3.13. The van der Waals surface area contributed by atoms with Crippen LogP contribution in [-0.2, 0) is 23.0 Å². The van der Waals surface area contributed by atoms with Crippen LogP contribution in [0.15, 0.2) is 6.33 Å². The number of aromatic nitrogens is 2. The van der Waals surface area contributed by atoms with Crippen LogP contribution in [0, 0.1) is 0 Å². The summed E-state index contributed by atoms with van der Waals surface area (Å²) in [6, 6.07) is 0. The Kier molecular flexibility index (Phi) is 3.85. The van der Waals surface area contributed by atoms with Gasteiger partial charge in [-0.2, -0.15) is 4.31 Å². The highest BCUT2D eigenvalue weighted by molar-refractivity contribution is 7.89. The van der Waals surface area contributed by atoms with Gasteiger partial charge in [0.05, 0.1) is 11.1 Å². The van der Waals surface area contributed by atoms with Crippen LogP contribution in [0.25, 0.3) is 10.2 Å². The zero-order valence-electron chi connectivity index (χ0n) is 12.1. The van der Waals surface area contributed by atoms with E-state index in [1.54, 1.807) is 28.9 Å². The van der Waals surface area contributed by atoms with Gasteiger partial charge >= 0.3 is 0 Å². The molecular weight excluding hydrogens is 308 g/mol. The average molecular weight is 326 g/mol. The predicted molar refractivity (Wildman–Crippen MR) is 85.2 cm³/mol. The van der Waals surface area contributed by atoms with Crippen LogP contribution in [0.1, 0.15) is 24.3 Å². The number of rotatable bonds is 4. The zero-order chi connectivity index (χ0) is 15.0. The minimum atomic E-state index is -3.13. The minimum Gasteiger partial charge on any atom is -0.370 e. The number of thiophene rings is 1. The lowest BCUT2D eigenvalue weighted by atomic mass is 10.1. The van der Waals surface area contributed by atoms with Crippen molar-refractivity contribution in [2.24, 2.45) is 0 Å². The Morgan fingerprint density at radius 3 is 2.90 bits per heavy atom. The van der Waals surface area contributed by atoms with Gasteiger partial charge in [0.2, 0.25) is 10.0 Å². The van der Waals surface area contributed by atoms with E-state index in [1.165, 1.54) is 5.56 Å². The minimum absolute atomic E-state index is 0.148. The van der Waals surface area contributed by atoms with Crippen LogP contribution >= 0.6 is 11.3 Å². The number of nitrogens with one attached hydrogen (secondary N) is 1. The van der Waals surface area contributed by atoms with Crippen LogP contribution < -0.4 is 5.32 Å². The van der Waals surface area contributed by atoms with Gasteiger partial charge in [-0.25, -0.2) is 18.4 Å². The summed E-state index contributed by atoms with van der Waals surface area (Å²) in [4.78, 5) is 10.7.